The Morgan fingerprint density at radius 2 is 2.27 bits per heavy atom. The summed E-state index contributed by atoms with van der Waals surface area (Å²) >= 11 is 0. The molecular formula is C11H14. The lowest BCUT2D eigenvalue weighted by atomic mass is 9.84. The van der Waals surface area contributed by atoms with E-state index in [1.807, 2.05) is 0 Å². The van der Waals surface area contributed by atoms with Gasteiger partial charge in [0.25, 0.3) is 0 Å². The Kier molecular flexibility index (Phi) is 1.42. The van der Waals surface area contributed by atoms with Gasteiger partial charge in [-0.25, -0.2) is 0 Å². The molecule has 0 aliphatic heterocycles. The minimum atomic E-state index is 0.111. The maximum Gasteiger partial charge on any atom is 0.0273 e. The third kappa shape index (κ3) is 1.18. The summed E-state index contributed by atoms with van der Waals surface area (Å²) in [6.07, 6.45) is 2.23. The summed E-state index contributed by atoms with van der Waals surface area (Å²) in [6, 6.07) is 8.53. The monoisotopic (exact) mass is 147 g/mol. The van der Waals surface area contributed by atoms with E-state index in [0.717, 1.165) is 12.8 Å². The van der Waals surface area contributed by atoms with Crippen LogP contribution in [0, 0.1) is 0 Å². The number of hydrogen-bond acceptors (Lipinski definition) is 0. The van der Waals surface area contributed by atoms with Gasteiger partial charge in [0.15, 0.2) is 0 Å². The van der Waals surface area contributed by atoms with E-state index >= 15 is 0 Å². The molecule has 0 N–H and O–H groups in total. The summed E-state index contributed by atoms with van der Waals surface area (Å²) in [5, 5.41) is 0. The minimum absolute atomic E-state index is 0.111. The van der Waals surface area contributed by atoms with Crippen molar-refractivity contribution in [2.75, 3.05) is 0 Å². The highest BCUT2D eigenvalue weighted by Gasteiger charge is 2.14. The quantitative estimate of drug-likeness (QED) is 0.529. The van der Waals surface area contributed by atoms with Gasteiger partial charge in [-0.05, 0) is 36.3 Å². The average Bonchev–Trinajstić information content (AvgIpc) is 2.12. The maximum atomic E-state index is 7.81. The first-order valence-electron chi connectivity index (χ1n) is 4.87. The Morgan fingerprint density at radius 1 is 1.45 bits per heavy atom. The highest BCUT2D eigenvalue weighted by molar-refractivity contribution is 5.31. The van der Waals surface area contributed by atoms with Crippen LogP contribution in [-0.4, -0.2) is 0 Å². The van der Waals surface area contributed by atoms with Gasteiger partial charge in [-0.15, -0.1) is 0 Å². The van der Waals surface area contributed by atoms with Crippen LogP contribution in [0.15, 0.2) is 24.3 Å². The molecule has 2 atom stereocenters. The van der Waals surface area contributed by atoms with Crippen molar-refractivity contribution in [2.24, 2.45) is 0 Å². The second kappa shape index (κ2) is 2.69. The zero-order valence-corrected chi connectivity index (χ0v) is 6.88. The molecule has 0 heterocycles. The van der Waals surface area contributed by atoms with E-state index in [-0.39, 0.29) is 6.40 Å². The van der Waals surface area contributed by atoms with Crippen molar-refractivity contribution in [3.63, 3.8) is 0 Å². The second-order valence-corrected chi connectivity index (χ2v) is 3.26. The molecule has 1 aromatic rings. The van der Waals surface area contributed by atoms with Crippen LogP contribution in [0.3, 0.4) is 0 Å². The summed E-state index contributed by atoms with van der Waals surface area (Å²) in [6.45, 7) is 2.16. The summed E-state index contributed by atoms with van der Waals surface area (Å²) in [7, 11) is 0. The molecule has 0 bridgehead atoms. The topological polar surface area (TPSA) is 0 Å². The number of aryl methyl sites for hydroxylation is 1. The molecule has 0 spiro atoms. The zero-order chi connectivity index (χ0) is 8.55. The van der Waals surface area contributed by atoms with Crippen molar-refractivity contribution in [3.05, 3.63) is 35.4 Å². The van der Waals surface area contributed by atoms with Crippen LogP contribution in [0.25, 0.3) is 0 Å². The third-order valence-corrected chi connectivity index (χ3v) is 2.48. The van der Waals surface area contributed by atoms with Crippen LogP contribution < -0.4 is 0 Å². The Hall–Kier alpha value is -0.780. The van der Waals surface area contributed by atoms with Gasteiger partial charge in [-0.1, -0.05) is 31.2 Å². The molecule has 0 nitrogen and oxygen atoms in total. The van der Waals surface area contributed by atoms with E-state index in [1.54, 1.807) is 0 Å². The molecule has 0 saturated carbocycles. The first-order valence-corrected chi connectivity index (χ1v) is 4.29. The van der Waals surface area contributed by atoms with E-state index in [0.29, 0.717) is 5.92 Å². The lowest BCUT2D eigenvalue weighted by molar-refractivity contribution is 0.590. The fourth-order valence-electron chi connectivity index (χ4n) is 1.82. The fourth-order valence-corrected chi connectivity index (χ4v) is 1.82. The lowest BCUT2D eigenvalue weighted by Gasteiger charge is -2.21. The van der Waals surface area contributed by atoms with Crippen LogP contribution in [-0.2, 0) is 6.42 Å². The molecule has 11 heavy (non-hydrogen) atoms. The molecule has 1 aliphatic carbocycles. The first-order chi connectivity index (χ1) is 5.79. The van der Waals surface area contributed by atoms with Crippen molar-refractivity contribution >= 4 is 0 Å². The summed E-state index contributed by atoms with van der Waals surface area (Å²) in [5.41, 5.74) is 2.84. The van der Waals surface area contributed by atoms with Gasteiger partial charge in [0.2, 0.25) is 0 Å². The van der Waals surface area contributed by atoms with Crippen LogP contribution in [0.2, 0.25) is 0 Å². The Labute approximate surface area is 69.7 Å². The number of rotatable bonds is 0. The maximum absolute atomic E-state index is 7.81. The SMILES string of the molecule is [2H][C@@H]1CCc2ccccc2[C@H]1C. The molecule has 0 unspecified atom stereocenters. The summed E-state index contributed by atoms with van der Waals surface area (Å²) in [5.74, 6) is 0.426. The largest absolute Gasteiger partial charge is 0.0620 e. The highest BCUT2D eigenvalue weighted by Crippen LogP contribution is 2.30. The van der Waals surface area contributed by atoms with Crippen LogP contribution in [0.1, 0.15) is 38.2 Å². The molecule has 58 valence electrons. The average molecular weight is 147 g/mol. The van der Waals surface area contributed by atoms with Crippen LogP contribution in [0.5, 0.6) is 0 Å². The molecule has 0 amide bonds. The number of fused-ring (bicyclic) bond motifs is 1. The van der Waals surface area contributed by atoms with Gasteiger partial charge in [0, 0.05) is 1.37 Å². The second-order valence-electron chi connectivity index (χ2n) is 3.26. The minimum Gasteiger partial charge on any atom is -0.0620 e. The van der Waals surface area contributed by atoms with E-state index in [1.165, 1.54) is 11.1 Å². The number of hydrogen-bond donors (Lipinski definition) is 0. The van der Waals surface area contributed by atoms with E-state index in [9.17, 15) is 0 Å². The highest BCUT2D eigenvalue weighted by atomic mass is 14.2. The van der Waals surface area contributed by atoms with Gasteiger partial charge >= 0.3 is 0 Å². The van der Waals surface area contributed by atoms with Crippen molar-refractivity contribution in [2.45, 2.75) is 32.1 Å². The van der Waals surface area contributed by atoms with Crippen molar-refractivity contribution < 1.29 is 1.37 Å². The molecule has 0 radical (unpaired) electrons. The first kappa shape index (κ1) is 5.82. The molecule has 0 heteroatoms. The van der Waals surface area contributed by atoms with Gasteiger partial charge in [0.05, 0.1) is 0 Å². The molecule has 0 saturated heterocycles. The van der Waals surface area contributed by atoms with Crippen molar-refractivity contribution in [3.8, 4) is 0 Å². The van der Waals surface area contributed by atoms with Crippen LogP contribution >= 0.6 is 0 Å². The van der Waals surface area contributed by atoms with Gasteiger partial charge < -0.3 is 0 Å². The van der Waals surface area contributed by atoms with E-state index in [4.69, 9.17) is 1.37 Å². The van der Waals surface area contributed by atoms with Crippen LogP contribution in [0.4, 0.5) is 0 Å². The van der Waals surface area contributed by atoms with E-state index in [2.05, 4.69) is 31.2 Å². The van der Waals surface area contributed by atoms with Crippen molar-refractivity contribution in [1.82, 2.24) is 0 Å². The summed E-state index contributed by atoms with van der Waals surface area (Å²) in [4.78, 5) is 0. The van der Waals surface area contributed by atoms with Crippen molar-refractivity contribution in [1.29, 1.82) is 0 Å². The lowest BCUT2D eigenvalue weighted by Crippen LogP contribution is -2.05. The molecule has 0 aromatic heterocycles. The molecule has 1 aliphatic rings. The van der Waals surface area contributed by atoms with Gasteiger partial charge in [0.1, 0.15) is 0 Å². The Balaban J connectivity index is 2.42. The third-order valence-electron chi connectivity index (χ3n) is 2.48. The molecular weight excluding hydrogens is 132 g/mol. The molecule has 2 rings (SSSR count). The normalized spacial score (nSPS) is 30.8. The Bertz CT molecular complexity index is 280. The predicted octanol–water partition coefficient (Wildman–Crippen LogP) is 3.13. The van der Waals surface area contributed by atoms with E-state index < -0.39 is 0 Å². The predicted molar refractivity (Wildman–Crippen MR) is 47.8 cm³/mol. The molecule has 0 fully saturated rings. The number of benzene rings is 1. The smallest absolute Gasteiger partial charge is 0.0273 e. The summed E-state index contributed by atoms with van der Waals surface area (Å²) < 4.78 is 7.81. The zero-order valence-electron chi connectivity index (χ0n) is 7.88. The standard InChI is InChI=1S/C11H14/c1-9-5-4-7-10-6-2-3-8-11(9)10/h2-3,6,8-9H,4-5,7H2,1H3/t9-/m0/s1/i5D/t5-,9+/m1. The fraction of sp³-hybridized carbons (Fsp3) is 0.455. The molecule has 1 aromatic carbocycles. The van der Waals surface area contributed by atoms with Gasteiger partial charge in [-0.3, -0.25) is 0 Å². The van der Waals surface area contributed by atoms with Gasteiger partial charge in [-0.2, -0.15) is 0 Å². The Morgan fingerprint density at radius 3 is 3.18 bits per heavy atom.